The molecule has 1 saturated heterocycles. The summed E-state index contributed by atoms with van der Waals surface area (Å²) in [7, 11) is 0. The van der Waals surface area contributed by atoms with Crippen molar-refractivity contribution in [1.82, 2.24) is 0 Å². The van der Waals surface area contributed by atoms with E-state index in [1.165, 1.54) is 0 Å². The van der Waals surface area contributed by atoms with Crippen molar-refractivity contribution in [3.63, 3.8) is 0 Å². The van der Waals surface area contributed by atoms with Crippen molar-refractivity contribution in [3.8, 4) is 0 Å². The summed E-state index contributed by atoms with van der Waals surface area (Å²) in [5.74, 6) is -0.135. The van der Waals surface area contributed by atoms with Crippen molar-refractivity contribution in [2.24, 2.45) is 0 Å². The number of carbonyl (C=O) groups is 1. The fourth-order valence-corrected chi connectivity index (χ4v) is 1.33. The second-order valence-electron chi connectivity index (χ2n) is 3.19. The summed E-state index contributed by atoms with van der Waals surface area (Å²) in [5, 5.41) is 0. The van der Waals surface area contributed by atoms with Crippen LogP contribution in [0, 0.1) is 0 Å². The van der Waals surface area contributed by atoms with Crippen molar-refractivity contribution in [2.45, 2.75) is 51.9 Å². The summed E-state index contributed by atoms with van der Waals surface area (Å²) >= 11 is 0. The molecular formula is C9H16O3. The lowest BCUT2D eigenvalue weighted by molar-refractivity contribution is -0.171. The topological polar surface area (TPSA) is 35.5 Å². The molecule has 0 aliphatic carbocycles. The third-order valence-electron chi connectivity index (χ3n) is 1.93. The third kappa shape index (κ3) is 2.81. The number of hydrogen-bond acceptors (Lipinski definition) is 3. The summed E-state index contributed by atoms with van der Waals surface area (Å²) in [6.07, 6.45) is 3.26. The number of ether oxygens (including phenoxy) is 2. The SMILES string of the molecule is CCCC(C)OC1CCC(=O)O1. The van der Waals surface area contributed by atoms with Crippen LogP contribution in [-0.2, 0) is 14.3 Å². The molecular weight excluding hydrogens is 156 g/mol. The molecule has 1 heterocycles. The Morgan fingerprint density at radius 2 is 2.50 bits per heavy atom. The highest BCUT2D eigenvalue weighted by atomic mass is 16.7. The van der Waals surface area contributed by atoms with Crippen LogP contribution in [0.25, 0.3) is 0 Å². The van der Waals surface area contributed by atoms with Gasteiger partial charge in [-0.15, -0.1) is 0 Å². The summed E-state index contributed by atoms with van der Waals surface area (Å²) in [5.41, 5.74) is 0. The lowest BCUT2D eigenvalue weighted by atomic mass is 10.2. The Kier molecular flexibility index (Phi) is 3.53. The van der Waals surface area contributed by atoms with Gasteiger partial charge in [0.25, 0.3) is 0 Å². The lowest BCUT2D eigenvalue weighted by Crippen LogP contribution is -2.19. The molecule has 1 fully saturated rings. The monoisotopic (exact) mass is 172 g/mol. The highest BCUT2D eigenvalue weighted by molar-refractivity contribution is 5.71. The van der Waals surface area contributed by atoms with Gasteiger partial charge in [0.1, 0.15) is 0 Å². The minimum Gasteiger partial charge on any atom is -0.436 e. The van der Waals surface area contributed by atoms with E-state index in [1.807, 2.05) is 6.92 Å². The Labute approximate surface area is 73.0 Å². The van der Waals surface area contributed by atoms with E-state index in [0.29, 0.717) is 12.8 Å². The Bertz CT molecular complexity index is 156. The molecule has 0 aromatic carbocycles. The maximum absolute atomic E-state index is 10.7. The molecule has 0 saturated carbocycles. The summed E-state index contributed by atoms with van der Waals surface area (Å²) in [6, 6.07) is 0. The molecule has 0 amide bonds. The van der Waals surface area contributed by atoms with Gasteiger partial charge in [-0.1, -0.05) is 13.3 Å². The lowest BCUT2D eigenvalue weighted by Gasteiger charge is -2.16. The first kappa shape index (κ1) is 9.52. The molecule has 70 valence electrons. The third-order valence-corrected chi connectivity index (χ3v) is 1.93. The second-order valence-corrected chi connectivity index (χ2v) is 3.19. The van der Waals surface area contributed by atoms with Crippen molar-refractivity contribution >= 4 is 5.97 Å². The first-order valence-corrected chi connectivity index (χ1v) is 4.57. The van der Waals surface area contributed by atoms with E-state index in [4.69, 9.17) is 9.47 Å². The van der Waals surface area contributed by atoms with Crippen molar-refractivity contribution in [1.29, 1.82) is 0 Å². The number of carbonyl (C=O) groups excluding carboxylic acids is 1. The molecule has 0 aromatic heterocycles. The van der Waals surface area contributed by atoms with Gasteiger partial charge in [-0.2, -0.15) is 0 Å². The van der Waals surface area contributed by atoms with Crippen molar-refractivity contribution < 1.29 is 14.3 Å². The van der Waals surface area contributed by atoms with Gasteiger partial charge in [-0.05, 0) is 13.3 Å². The van der Waals surface area contributed by atoms with Gasteiger partial charge in [0.05, 0.1) is 12.5 Å². The van der Waals surface area contributed by atoms with E-state index in [-0.39, 0.29) is 18.4 Å². The van der Waals surface area contributed by atoms with Crippen molar-refractivity contribution in [2.75, 3.05) is 0 Å². The first-order chi connectivity index (χ1) is 5.72. The zero-order valence-electron chi connectivity index (χ0n) is 7.71. The molecule has 1 rings (SSSR count). The molecule has 1 aliphatic heterocycles. The van der Waals surface area contributed by atoms with Crippen LogP contribution < -0.4 is 0 Å². The van der Waals surface area contributed by atoms with Crippen LogP contribution in [0.4, 0.5) is 0 Å². The quantitative estimate of drug-likeness (QED) is 0.607. The number of rotatable bonds is 4. The first-order valence-electron chi connectivity index (χ1n) is 4.57. The van der Waals surface area contributed by atoms with Crippen LogP contribution >= 0.6 is 0 Å². The van der Waals surface area contributed by atoms with Gasteiger partial charge in [0, 0.05) is 6.42 Å². The Balaban J connectivity index is 2.18. The van der Waals surface area contributed by atoms with E-state index >= 15 is 0 Å². The maximum Gasteiger partial charge on any atom is 0.308 e. The summed E-state index contributed by atoms with van der Waals surface area (Å²) < 4.78 is 10.4. The van der Waals surface area contributed by atoms with Crippen LogP contribution in [0.3, 0.4) is 0 Å². The van der Waals surface area contributed by atoms with Crippen molar-refractivity contribution in [3.05, 3.63) is 0 Å². The van der Waals surface area contributed by atoms with Crippen LogP contribution in [0.15, 0.2) is 0 Å². The zero-order valence-corrected chi connectivity index (χ0v) is 7.71. The Morgan fingerprint density at radius 1 is 1.75 bits per heavy atom. The van der Waals surface area contributed by atoms with Crippen LogP contribution in [0.2, 0.25) is 0 Å². The van der Waals surface area contributed by atoms with Crippen LogP contribution in [0.1, 0.15) is 39.5 Å². The van der Waals surface area contributed by atoms with E-state index in [2.05, 4.69) is 6.92 Å². The summed E-state index contributed by atoms with van der Waals surface area (Å²) in [6.45, 7) is 4.12. The largest absolute Gasteiger partial charge is 0.436 e. The smallest absolute Gasteiger partial charge is 0.308 e. The fraction of sp³-hybridized carbons (Fsp3) is 0.889. The Hall–Kier alpha value is -0.570. The predicted octanol–water partition coefficient (Wildman–Crippen LogP) is 1.85. The summed E-state index contributed by atoms with van der Waals surface area (Å²) in [4.78, 5) is 10.7. The van der Waals surface area contributed by atoms with Gasteiger partial charge in [-0.25, -0.2) is 0 Å². The number of esters is 1. The van der Waals surface area contributed by atoms with Gasteiger partial charge in [-0.3, -0.25) is 4.79 Å². The molecule has 2 atom stereocenters. The molecule has 2 unspecified atom stereocenters. The van der Waals surface area contributed by atoms with E-state index < -0.39 is 0 Å². The molecule has 0 N–H and O–H groups in total. The molecule has 12 heavy (non-hydrogen) atoms. The minimum atomic E-state index is -0.279. The van der Waals surface area contributed by atoms with Crippen LogP contribution in [0.5, 0.6) is 0 Å². The predicted molar refractivity (Wildman–Crippen MR) is 44.6 cm³/mol. The molecule has 0 bridgehead atoms. The van der Waals surface area contributed by atoms with Gasteiger partial charge >= 0.3 is 5.97 Å². The van der Waals surface area contributed by atoms with Crippen LogP contribution in [-0.4, -0.2) is 18.4 Å². The number of cyclic esters (lactones) is 1. The van der Waals surface area contributed by atoms with Gasteiger partial charge in [0.2, 0.25) is 6.29 Å². The average molecular weight is 172 g/mol. The molecule has 3 heteroatoms. The number of hydrogen-bond donors (Lipinski definition) is 0. The second kappa shape index (κ2) is 4.45. The molecule has 0 aromatic rings. The highest BCUT2D eigenvalue weighted by Gasteiger charge is 2.25. The van der Waals surface area contributed by atoms with E-state index in [9.17, 15) is 4.79 Å². The Morgan fingerprint density at radius 3 is 3.00 bits per heavy atom. The highest BCUT2D eigenvalue weighted by Crippen LogP contribution is 2.17. The maximum atomic E-state index is 10.7. The molecule has 0 spiro atoms. The average Bonchev–Trinajstić information content (AvgIpc) is 2.36. The van der Waals surface area contributed by atoms with E-state index in [0.717, 1.165) is 12.8 Å². The fourth-order valence-electron chi connectivity index (χ4n) is 1.33. The standard InChI is InChI=1S/C9H16O3/c1-3-4-7(2)11-9-6-5-8(10)12-9/h7,9H,3-6H2,1-2H3. The normalized spacial score (nSPS) is 25.5. The molecule has 1 aliphatic rings. The minimum absolute atomic E-state index is 0.135. The zero-order chi connectivity index (χ0) is 8.97. The molecule has 0 radical (unpaired) electrons. The van der Waals surface area contributed by atoms with Gasteiger partial charge in [0.15, 0.2) is 0 Å². The van der Waals surface area contributed by atoms with Gasteiger partial charge < -0.3 is 9.47 Å². The molecule has 3 nitrogen and oxygen atoms in total. The van der Waals surface area contributed by atoms with E-state index in [1.54, 1.807) is 0 Å².